The molecule has 1 aliphatic heterocycles. The van der Waals surface area contributed by atoms with E-state index in [0.29, 0.717) is 42.6 Å². The van der Waals surface area contributed by atoms with Gasteiger partial charge in [-0.2, -0.15) is 5.26 Å². The van der Waals surface area contributed by atoms with E-state index in [1.165, 1.54) is 24.3 Å². The van der Waals surface area contributed by atoms with Gasteiger partial charge >= 0.3 is 0 Å². The summed E-state index contributed by atoms with van der Waals surface area (Å²) < 4.78 is 19.0. The lowest BCUT2D eigenvalue weighted by Crippen LogP contribution is -2.36. The van der Waals surface area contributed by atoms with Gasteiger partial charge in [-0.05, 0) is 57.9 Å². The van der Waals surface area contributed by atoms with Crippen LogP contribution in [0, 0.1) is 17.1 Å². The first kappa shape index (κ1) is 20.3. The molecule has 3 rings (SSSR count). The van der Waals surface area contributed by atoms with Gasteiger partial charge in [0.25, 0.3) is 5.91 Å². The number of halogens is 3. The molecule has 0 saturated carbocycles. The molecule has 1 heterocycles. The van der Waals surface area contributed by atoms with Crippen LogP contribution in [0.1, 0.15) is 5.56 Å². The van der Waals surface area contributed by atoms with Crippen LogP contribution in [0.4, 0.5) is 15.8 Å². The van der Waals surface area contributed by atoms with E-state index in [1.807, 2.05) is 12.1 Å². The highest BCUT2D eigenvalue weighted by Gasteiger charge is 2.18. The Morgan fingerprint density at radius 1 is 1.29 bits per heavy atom. The predicted molar refractivity (Wildman–Crippen MR) is 111 cm³/mol. The first-order valence-electron chi connectivity index (χ1n) is 8.48. The van der Waals surface area contributed by atoms with Crippen molar-refractivity contribution in [2.24, 2.45) is 0 Å². The van der Waals surface area contributed by atoms with Crippen LogP contribution in [0.2, 0.25) is 5.02 Å². The maximum atomic E-state index is 13.4. The van der Waals surface area contributed by atoms with Gasteiger partial charge in [-0.1, -0.05) is 17.7 Å². The van der Waals surface area contributed by atoms with E-state index < -0.39 is 11.7 Å². The lowest BCUT2D eigenvalue weighted by atomic mass is 10.1. The van der Waals surface area contributed by atoms with Crippen molar-refractivity contribution in [3.63, 3.8) is 0 Å². The Labute approximate surface area is 175 Å². The second-order valence-corrected chi connectivity index (χ2v) is 7.35. The molecule has 0 radical (unpaired) electrons. The maximum absolute atomic E-state index is 13.4. The number of nitrogens with one attached hydrogen (secondary N) is 1. The minimum atomic E-state index is -0.570. The van der Waals surface area contributed by atoms with E-state index in [-0.39, 0.29) is 10.0 Å². The van der Waals surface area contributed by atoms with Crippen LogP contribution in [-0.2, 0) is 9.53 Å². The van der Waals surface area contributed by atoms with Crippen molar-refractivity contribution < 1.29 is 13.9 Å². The normalized spacial score (nSPS) is 14.5. The quantitative estimate of drug-likeness (QED) is 0.529. The van der Waals surface area contributed by atoms with Crippen LogP contribution >= 0.6 is 27.5 Å². The summed E-state index contributed by atoms with van der Waals surface area (Å²) in [5.74, 6) is -0.992. The van der Waals surface area contributed by atoms with Gasteiger partial charge in [-0.25, -0.2) is 4.39 Å². The lowest BCUT2D eigenvalue weighted by Gasteiger charge is -2.30. The van der Waals surface area contributed by atoms with Crippen molar-refractivity contribution >= 4 is 50.9 Å². The van der Waals surface area contributed by atoms with Gasteiger partial charge in [-0.15, -0.1) is 0 Å². The van der Waals surface area contributed by atoms with Crippen molar-refractivity contribution in [1.29, 1.82) is 5.26 Å². The van der Waals surface area contributed by atoms with Crippen LogP contribution in [0.25, 0.3) is 6.08 Å². The van der Waals surface area contributed by atoms with Crippen molar-refractivity contribution in [3.05, 3.63) is 62.8 Å². The number of carbonyl (C=O) groups is 1. The molecule has 2 aromatic carbocycles. The Balaban J connectivity index is 1.86. The summed E-state index contributed by atoms with van der Waals surface area (Å²) in [6.45, 7) is 2.57. The summed E-state index contributed by atoms with van der Waals surface area (Å²) in [6.07, 6.45) is 1.40. The number of hydrogen-bond donors (Lipinski definition) is 1. The molecule has 28 heavy (non-hydrogen) atoms. The fraction of sp³-hybridized carbons (Fsp3) is 0.200. The minimum absolute atomic E-state index is 0.105. The Morgan fingerprint density at radius 3 is 2.71 bits per heavy atom. The monoisotopic (exact) mass is 463 g/mol. The van der Waals surface area contributed by atoms with E-state index in [9.17, 15) is 14.4 Å². The van der Waals surface area contributed by atoms with Crippen molar-refractivity contribution in [3.8, 4) is 6.07 Å². The zero-order valence-electron chi connectivity index (χ0n) is 14.7. The number of ether oxygens (including phenoxy) is 1. The van der Waals surface area contributed by atoms with Crippen molar-refractivity contribution in [2.75, 3.05) is 36.5 Å². The number of carbonyl (C=O) groups excluding carboxylic acids is 1. The standard InChI is InChI=1S/C20H16BrClFN3O2/c21-16-10-13(1-3-17(16)23)9-14(12-24)20(27)25-18-11-15(22)2-4-19(18)26-5-7-28-8-6-26/h1-4,9-11H,5-8H2,(H,25,27)/b14-9+. The highest BCUT2D eigenvalue weighted by molar-refractivity contribution is 9.10. The van der Waals surface area contributed by atoms with Crippen molar-refractivity contribution in [2.45, 2.75) is 0 Å². The molecular formula is C20H16BrClFN3O2. The summed E-state index contributed by atoms with van der Waals surface area (Å²) in [6, 6.07) is 11.4. The number of benzene rings is 2. The van der Waals surface area contributed by atoms with Crippen LogP contribution in [0.3, 0.4) is 0 Å². The third-order valence-electron chi connectivity index (χ3n) is 4.18. The second-order valence-electron chi connectivity index (χ2n) is 6.06. The predicted octanol–water partition coefficient (Wildman–Crippen LogP) is 4.62. The largest absolute Gasteiger partial charge is 0.378 e. The molecule has 1 amide bonds. The zero-order chi connectivity index (χ0) is 20.1. The van der Waals surface area contributed by atoms with Gasteiger partial charge in [0.15, 0.2) is 0 Å². The van der Waals surface area contributed by atoms with Crippen LogP contribution in [0.5, 0.6) is 0 Å². The van der Waals surface area contributed by atoms with Crippen LogP contribution in [-0.4, -0.2) is 32.2 Å². The van der Waals surface area contributed by atoms with Crippen LogP contribution in [0.15, 0.2) is 46.4 Å². The number of amides is 1. The van der Waals surface area contributed by atoms with Gasteiger partial charge < -0.3 is 15.0 Å². The molecule has 0 atom stereocenters. The molecule has 8 heteroatoms. The molecule has 1 N–H and O–H groups in total. The summed E-state index contributed by atoms with van der Waals surface area (Å²) in [4.78, 5) is 14.8. The van der Waals surface area contributed by atoms with Crippen molar-refractivity contribution in [1.82, 2.24) is 0 Å². The van der Waals surface area contributed by atoms with Gasteiger partial charge in [0.2, 0.25) is 0 Å². The summed E-state index contributed by atoms with van der Waals surface area (Å²) in [5, 5.41) is 12.6. The average molecular weight is 465 g/mol. The van der Waals surface area contributed by atoms with E-state index in [0.717, 1.165) is 5.69 Å². The lowest BCUT2D eigenvalue weighted by molar-refractivity contribution is -0.112. The average Bonchev–Trinajstić information content (AvgIpc) is 2.69. The number of hydrogen-bond acceptors (Lipinski definition) is 4. The van der Waals surface area contributed by atoms with Gasteiger partial charge in [0.05, 0.1) is 29.1 Å². The second kappa shape index (κ2) is 9.20. The first-order valence-corrected chi connectivity index (χ1v) is 9.65. The third-order valence-corrected chi connectivity index (χ3v) is 5.02. The highest BCUT2D eigenvalue weighted by Crippen LogP contribution is 2.30. The molecule has 0 aromatic heterocycles. The molecule has 1 saturated heterocycles. The molecule has 144 valence electrons. The number of anilines is 2. The molecule has 0 aliphatic carbocycles. The van der Waals surface area contributed by atoms with E-state index in [1.54, 1.807) is 12.1 Å². The summed E-state index contributed by atoms with van der Waals surface area (Å²) in [7, 11) is 0. The van der Waals surface area contributed by atoms with Crippen LogP contribution < -0.4 is 10.2 Å². The fourth-order valence-corrected chi connectivity index (χ4v) is 3.36. The first-order chi connectivity index (χ1) is 13.5. The molecular weight excluding hydrogens is 449 g/mol. The Morgan fingerprint density at radius 2 is 2.04 bits per heavy atom. The summed E-state index contributed by atoms with van der Waals surface area (Å²) >= 11 is 9.19. The molecule has 5 nitrogen and oxygen atoms in total. The number of nitrogens with zero attached hydrogens (tertiary/aromatic N) is 2. The molecule has 2 aromatic rings. The Bertz CT molecular complexity index is 968. The van der Waals surface area contributed by atoms with Gasteiger partial charge in [-0.3, -0.25) is 4.79 Å². The fourth-order valence-electron chi connectivity index (χ4n) is 2.80. The Kier molecular flexibility index (Phi) is 6.68. The smallest absolute Gasteiger partial charge is 0.266 e. The number of rotatable bonds is 4. The molecule has 1 aliphatic rings. The highest BCUT2D eigenvalue weighted by atomic mass is 79.9. The maximum Gasteiger partial charge on any atom is 0.266 e. The van der Waals surface area contributed by atoms with E-state index >= 15 is 0 Å². The molecule has 0 spiro atoms. The SMILES string of the molecule is N#C/C(=C\c1ccc(F)c(Br)c1)C(=O)Nc1cc(Cl)ccc1N1CCOCC1. The Hall–Kier alpha value is -2.40. The minimum Gasteiger partial charge on any atom is -0.378 e. The summed E-state index contributed by atoms with van der Waals surface area (Å²) in [5.41, 5.74) is 1.74. The van der Waals surface area contributed by atoms with E-state index in [4.69, 9.17) is 16.3 Å². The topological polar surface area (TPSA) is 65.4 Å². The van der Waals surface area contributed by atoms with E-state index in [2.05, 4.69) is 26.1 Å². The van der Waals surface area contributed by atoms with Gasteiger partial charge in [0.1, 0.15) is 17.5 Å². The number of morpholine rings is 1. The third kappa shape index (κ3) is 4.90. The number of nitriles is 1. The zero-order valence-corrected chi connectivity index (χ0v) is 17.1. The molecule has 0 unspecified atom stereocenters. The molecule has 1 fully saturated rings. The molecule has 0 bridgehead atoms. The van der Waals surface area contributed by atoms with Gasteiger partial charge in [0, 0.05) is 18.1 Å².